The average Bonchev–Trinajstić information content (AvgIpc) is 3.40. The number of rotatable bonds is 5. The highest BCUT2D eigenvalue weighted by Crippen LogP contribution is 2.50. The van der Waals surface area contributed by atoms with E-state index in [4.69, 9.17) is 4.74 Å². The highest BCUT2D eigenvalue weighted by Gasteiger charge is 2.57. The van der Waals surface area contributed by atoms with Gasteiger partial charge in [0.2, 0.25) is 0 Å². The van der Waals surface area contributed by atoms with E-state index in [1.54, 1.807) is 4.90 Å². The first kappa shape index (κ1) is 23.3. The van der Waals surface area contributed by atoms with E-state index < -0.39 is 29.5 Å². The maximum Gasteiger partial charge on any atom is 0.416 e. The molecule has 2 fully saturated rings. The van der Waals surface area contributed by atoms with Gasteiger partial charge < -0.3 is 4.74 Å². The Hall–Kier alpha value is -2.83. The van der Waals surface area contributed by atoms with E-state index in [9.17, 15) is 22.8 Å². The third-order valence-corrected chi connectivity index (χ3v) is 6.24. The zero-order valence-corrected chi connectivity index (χ0v) is 19.0. The predicted octanol–water partition coefficient (Wildman–Crippen LogP) is 6.13. The van der Waals surface area contributed by atoms with Crippen molar-refractivity contribution in [1.82, 2.24) is 4.90 Å². The van der Waals surface area contributed by atoms with Gasteiger partial charge >= 0.3 is 12.3 Å². The molecule has 0 unspecified atom stereocenters. The molecule has 1 saturated carbocycles. The van der Waals surface area contributed by atoms with E-state index in [1.807, 2.05) is 45.0 Å². The summed E-state index contributed by atoms with van der Waals surface area (Å²) < 4.78 is 43.9. The second-order valence-corrected chi connectivity index (χ2v) is 9.98. The van der Waals surface area contributed by atoms with Gasteiger partial charge in [-0.3, -0.25) is 9.69 Å². The molecule has 1 aliphatic carbocycles. The molecule has 0 N–H and O–H groups in total. The SMILES string of the molecule is CC(C)(C)OC(=O)N1C[C@@H]2C[C@@H]2[C@H]1C(=O)CCc1cccc(-c2ccc(C(F)(F)F)cc2)c1. The fraction of sp³-hybridized carbons (Fsp3) is 0.462. The number of halogens is 3. The maximum atomic E-state index is 13.1. The van der Waals surface area contributed by atoms with Crippen LogP contribution in [-0.4, -0.2) is 35.0 Å². The van der Waals surface area contributed by atoms with E-state index in [0.29, 0.717) is 30.9 Å². The van der Waals surface area contributed by atoms with Gasteiger partial charge in [0.25, 0.3) is 0 Å². The number of hydrogen-bond acceptors (Lipinski definition) is 3. The molecule has 3 atom stereocenters. The van der Waals surface area contributed by atoms with Gasteiger partial charge in [-0.05, 0) is 74.3 Å². The molecular weight excluding hydrogens is 431 g/mol. The molecule has 7 heteroatoms. The van der Waals surface area contributed by atoms with Crippen molar-refractivity contribution >= 4 is 11.9 Å². The molecule has 1 amide bonds. The van der Waals surface area contributed by atoms with Gasteiger partial charge in [-0.1, -0.05) is 36.4 Å². The standard InChI is InChI=1S/C26H28F3NO3/c1-25(2,3)33-24(32)30-15-19-14-21(19)23(30)22(31)12-7-16-5-4-6-18(13-16)17-8-10-20(11-9-17)26(27,28)29/h4-6,8-11,13,19,21,23H,7,12,14-15H2,1-3H3/t19-,21-,23-/m0/s1. The van der Waals surface area contributed by atoms with Crippen molar-refractivity contribution in [1.29, 1.82) is 0 Å². The highest BCUT2D eigenvalue weighted by atomic mass is 19.4. The van der Waals surface area contributed by atoms with Crippen molar-refractivity contribution in [3.05, 3.63) is 59.7 Å². The summed E-state index contributed by atoms with van der Waals surface area (Å²) in [5, 5.41) is 0. The normalized spacial score (nSPS) is 22.1. The lowest BCUT2D eigenvalue weighted by atomic mass is 9.97. The molecule has 1 saturated heterocycles. The Balaban J connectivity index is 1.41. The van der Waals surface area contributed by atoms with Gasteiger partial charge in [0.15, 0.2) is 5.78 Å². The number of benzene rings is 2. The quantitative estimate of drug-likeness (QED) is 0.540. The van der Waals surface area contributed by atoms with Crippen LogP contribution in [0.15, 0.2) is 48.5 Å². The summed E-state index contributed by atoms with van der Waals surface area (Å²) in [6.07, 6.45) is -3.03. The number of piperidine rings is 1. The zero-order valence-electron chi connectivity index (χ0n) is 19.0. The molecule has 1 aliphatic heterocycles. The molecular formula is C26H28F3NO3. The Labute approximate surface area is 191 Å². The number of aryl methyl sites for hydroxylation is 1. The Morgan fingerprint density at radius 1 is 1.03 bits per heavy atom. The van der Waals surface area contributed by atoms with Crippen LogP contribution in [0.5, 0.6) is 0 Å². The Morgan fingerprint density at radius 3 is 2.36 bits per heavy atom. The maximum absolute atomic E-state index is 13.1. The first-order valence-electron chi connectivity index (χ1n) is 11.2. The first-order valence-corrected chi connectivity index (χ1v) is 11.2. The molecule has 2 aliphatic rings. The molecule has 4 nitrogen and oxygen atoms in total. The van der Waals surface area contributed by atoms with Crippen LogP contribution in [0.4, 0.5) is 18.0 Å². The average molecular weight is 460 g/mol. The fourth-order valence-electron chi connectivity index (χ4n) is 4.56. The van der Waals surface area contributed by atoms with Crippen LogP contribution >= 0.6 is 0 Å². The van der Waals surface area contributed by atoms with Gasteiger partial charge in [-0.2, -0.15) is 13.2 Å². The summed E-state index contributed by atoms with van der Waals surface area (Å²) in [6.45, 7) is 5.99. The molecule has 0 aromatic heterocycles. The highest BCUT2D eigenvalue weighted by molar-refractivity contribution is 5.89. The van der Waals surface area contributed by atoms with E-state index in [0.717, 1.165) is 29.7 Å². The fourth-order valence-corrected chi connectivity index (χ4v) is 4.56. The molecule has 2 aromatic carbocycles. The third kappa shape index (κ3) is 5.40. The Morgan fingerprint density at radius 2 is 1.73 bits per heavy atom. The second-order valence-electron chi connectivity index (χ2n) is 9.98. The van der Waals surface area contributed by atoms with Crippen molar-refractivity contribution in [2.75, 3.05) is 6.54 Å². The number of likely N-dealkylation sites (tertiary alicyclic amines) is 1. The van der Waals surface area contributed by atoms with Crippen LogP contribution in [0.25, 0.3) is 11.1 Å². The number of amides is 1. The lowest BCUT2D eigenvalue weighted by Gasteiger charge is -2.29. The zero-order chi connectivity index (χ0) is 24.0. The first-order chi connectivity index (χ1) is 15.4. The minimum absolute atomic E-state index is 0.0331. The number of ketones is 1. The van der Waals surface area contributed by atoms with Crippen LogP contribution in [0.2, 0.25) is 0 Å². The van der Waals surface area contributed by atoms with Crippen LogP contribution in [0.1, 0.15) is 44.7 Å². The Kier molecular flexibility index (Phi) is 6.01. The summed E-state index contributed by atoms with van der Waals surface area (Å²) in [6, 6.07) is 12.1. The van der Waals surface area contributed by atoms with Gasteiger partial charge in [-0.25, -0.2) is 4.79 Å². The van der Waals surface area contributed by atoms with Gasteiger partial charge in [0.1, 0.15) is 5.60 Å². The largest absolute Gasteiger partial charge is 0.444 e. The van der Waals surface area contributed by atoms with Crippen molar-refractivity contribution in [3.63, 3.8) is 0 Å². The number of ether oxygens (including phenoxy) is 1. The van der Waals surface area contributed by atoms with E-state index >= 15 is 0 Å². The van der Waals surface area contributed by atoms with Crippen molar-refractivity contribution in [2.24, 2.45) is 11.8 Å². The van der Waals surface area contributed by atoms with Gasteiger partial charge in [0, 0.05) is 13.0 Å². The molecule has 0 spiro atoms. The summed E-state index contributed by atoms with van der Waals surface area (Å²) in [5.74, 6) is 0.642. The summed E-state index contributed by atoms with van der Waals surface area (Å²) in [4.78, 5) is 27.2. The monoisotopic (exact) mass is 459 g/mol. The van der Waals surface area contributed by atoms with Crippen LogP contribution in [0, 0.1) is 11.8 Å². The van der Waals surface area contributed by atoms with Crippen molar-refractivity contribution in [2.45, 2.75) is 57.9 Å². The minimum atomic E-state index is -4.37. The number of carbonyl (C=O) groups excluding carboxylic acids is 2. The molecule has 0 radical (unpaired) electrons. The molecule has 0 bridgehead atoms. The number of hydrogen-bond donors (Lipinski definition) is 0. The smallest absolute Gasteiger partial charge is 0.416 e. The van der Waals surface area contributed by atoms with Gasteiger partial charge in [0.05, 0.1) is 11.6 Å². The molecule has 4 rings (SSSR count). The van der Waals surface area contributed by atoms with Gasteiger partial charge in [-0.15, -0.1) is 0 Å². The molecule has 176 valence electrons. The molecule has 1 heterocycles. The van der Waals surface area contributed by atoms with E-state index in [1.165, 1.54) is 12.1 Å². The third-order valence-electron chi connectivity index (χ3n) is 6.24. The number of fused-ring (bicyclic) bond motifs is 1. The van der Waals surface area contributed by atoms with Crippen LogP contribution in [-0.2, 0) is 22.1 Å². The van der Waals surface area contributed by atoms with E-state index in [-0.39, 0.29) is 11.7 Å². The number of Topliss-reactive ketones (excluding diaryl/α,β-unsaturated/α-hetero) is 1. The van der Waals surface area contributed by atoms with Crippen molar-refractivity contribution < 1.29 is 27.5 Å². The summed E-state index contributed by atoms with van der Waals surface area (Å²) in [5.41, 5.74) is 1.11. The predicted molar refractivity (Wildman–Crippen MR) is 119 cm³/mol. The second kappa shape index (κ2) is 8.50. The summed E-state index contributed by atoms with van der Waals surface area (Å²) >= 11 is 0. The lowest BCUT2D eigenvalue weighted by Crippen LogP contribution is -2.45. The number of carbonyl (C=O) groups is 2. The Bertz CT molecular complexity index is 1040. The molecule has 33 heavy (non-hydrogen) atoms. The topological polar surface area (TPSA) is 46.6 Å². The van der Waals surface area contributed by atoms with Crippen molar-refractivity contribution in [3.8, 4) is 11.1 Å². The number of alkyl halides is 3. The molecule has 2 aromatic rings. The lowest BCUT2D eigenvalue weighted by molar-refractivity contribution is -0.137. The summed E-state index contributed by atoms with van der Waals surface area (Å²) in [7, 11) is 0. The minimum Gasteiger partial charge on any atom is -0.444 e. The van der Waals surface area contributed by atoms with E-state index in [2.05, 4.69) is 0 Å². The number of nitrogens with zero attached hydrogens (tertiary/aromatic N) is 1. The van der Waals surface area contributed by atoms with Crippen LogP contribution < -0.4 is 0 Å². The van der Waals surface area contributed by atoms with Crippen LogP contribution in [0.3, 0.4) is 0 Å².